The molecule has 0 amide bonds. The third-order valence-corrected chi connectivity index (χ3v) is 4.11. The zero-order valence-electron chi connectivity index (χ0n) is 10.8. The highest BCUT2D eigenvalue weighted by molar-refractivity contribution is 9.10. The lowest BCUT2D eigenvalue weighted by atomic mass is 9.90. The number of aromatic nitrogens is 1. The molecule has 0 bridgehead atoms. The standard InChI is InChI=1S/C16H17BrN2/c17-13-8-9-14(18-10-13)11-19-16-7-3-5-12-4-1-2-6-15(12)16/h3,5,7-10,19H,1-2,4,6,11H2. The molecule has 0 fully saturated rings. The number of halogens is 1. The van der Waals surface area contributed by atoms with Crippen LogP contribution in [0.5, 0.6) is 0 Å². The van der Waals surface area contributed by atoms with Crippen LogP contribution in [0.3, 0.4) is 0 Å². The van der Waals surface area contributed by atoms with Crippen molar-refractivity contribution in [2.75, 3.05) is 5.32 Å². The summed E-state index contributed by atoms with van der Waals surface area (Å²) in [6.07, 6.45) is 6.90. The van der Waals surface area contributed by atoms with Gasteiger partial charge in [0.25, 0.3) is 0 Å². The summed E-state index contributed by atoms with van der Waals surface area (Å²) in [6, 6.07) is 10.7. The van der Waals surface area contributed by atoms with Crippen molar-refractivity contribution in [1.82, 2.24) is 4.98 Å². The average Bonchev–Trinajstić information content (AvgIpc) is 2.47. The van der Waals surface area contributed by atoms with E-state index in [9.17, 15) is 0 Å². The highest BCUT2D eigenvalue weighted by atomic mass is 79.9. The van der Waals surface area contributed by atoms with E-state index in [0.717, 1.165) is 16.7 Å². The molecule has 0 atom stereocenters. The number of hydrogen-bond acceptors (Lipinski definition) is 2. The molecule has 0 saturated heterocycles. The second kappa shape index (κ2) is 5.74. The lowest BCUT2D eigenvalue weighted by Crippen LogP contribution is -2.09. The molecule has 1 aliphatic rings. The molecule has 0 saturated carbocycles. The molecule has 1 aromatic carbocycles. The Labute approximate surface area is 122 Å². The van der Waals surface area contributed by atoms with E-state index in [0.29, 0.717) is 0 Å². The minimum absolute atomic E-state index is 0.781. The number of nitrogens with zero attached hydrogens (tertiary/aromatic N) is 1. The summed E-state index contributed by atoms with van der Waals surface area (Å²) in [5, 5.41) is 3.53. The monoisotopic (exact) mass is 316 g/mol. The molecule has 3 heteroatoms. The van der Waals surface area contributed by atoms with Gasteiger partial charge in [0.15, 0.2) is 0 Å². The van der Waals surface area contributed by atoms with Crippen molar-refractivity contribution >= 4 is 21.6 Å². The molecule has 0 unspecified atom stereocenters. The number of fused-ring (bicyclic) bond motifs is 1. The summed E-state index contributed by atoms with van der Waals surface area (Å²) in [7, 11) is 0. The highest BCUT2D eigenvalue weighted by Gasteiger charge is 2.12. The maximum Gasteiger partial charge on any atom is 0.0595 e. The quantitative estimate of drug-likeness (QED) is 0.911. The van der Waals surface area contributed by atoms with Crippen molar-refractivity contribution in [3.05, 3.63) is 57.8 Å². The Hall–Kier alpha value is -1.35. The van der Waals surface area contributed by atoms with Gasteiger partial charge in [-0.3, -0.25) is 4.98 Å². The fraction of sp³-hybridized carbons (Fsp3) is 0.312. The summed E-state index contributed by atoms with van der Waals surface area (Å²) in [4.78, 5) is 4.40. The van der Waals surface area contributed by atoms with Gasteiger partial charge < -0.3 is 5.32 Å². The Morgan fingerprint density at radius 2 is 2.00 bits per heavy atom. The van der Waals surface area contributed by atoms with Gasteiger partial charge in [0.05, 0.1) is 12.2 Å². The number of rotatable bonds is 3. The number of nitrogens with one attached hydrogen (secondary N) is 1. The van der Waals surface area contributed by atoms with Crippen LogP contribution in [0.15, 0.2) is 41.0 Å². The minimum Gasteiger partial charge on any atom is -0.379 e. The van der Waals surface area contributed by atoms with Gasteiger partial charge in [-0.05, 0) is 70.9 Å². The molecule has 0 radical (unpaired) electrons. The van der Waals surface area contributed by atoms with Gasteiger partial charge in [0.1, 0.15) is 0 Å². The predicted octanol–water partition coefficient (Wildman–Crippen LogP) is 4.34. The van der Waals surface area contributed by atoms with Gasteiger partial charge in [0, 0.05) is 16.4 Å². The molecule has 2 aromatic rings. The molecule has 0 aliphatic heterocycles. The van der Waals surface area contributed by atoms with Crippen molar-refractivity contribution in [3.63, 3.8) is 0 Å². The number of anilines is 1. The molecule has 0 spiro atoms. The molecule has 1 aliphatic carbocycles. The SMILES string of the molecule is Brc1ccc(CNc2cccc3c2CCCC3)nc1. The maximum absolute atomic E-state index is 4.40. The topological polar surface area (TPSA) is 24.9 Å². The lowest BCUT2D eigenvalue weighted by molar-refractivity contribution is 0.686. The zero-order chi connectivity index (χ0) is 13.1. The van der Waals surface area contributed by atoms with Crippen LogP contribution in [0.25, 0.3) is 0 Å². The van der Waals surface area contributed by atoms with Crippen LogP contribution >= 0.6 is 15.9 Å². The predicted molar refractivity (Wildman–Crippen MR) is 82.3 cm³/mol. The molecule has 19 heavy (non-hydrogen) atoms. The third-order valence-electron chi connectivity index (χ3n) is 3.64. The molecule has 98 valence electrons. The van der Waals surface area contributed by atoms with Crippen molar-refractivity contribution in [1.29, 1.82) is 0 Å². The van der Waals surface area contributed by atoms with Crippen LogP contribution in [0.4, 0.5) is 5.69 Å². The summed E-state index contributed by atoms with van der Waals surface area (Å²) in [5.41, 5.74) is 5.37. The Bertz CT molecular complexity index is 563. The first kappa shape index (κ1) is 12.7. The third kappa shape index (κ3) is 2.98. The van der Waals surface area contributed by atoms with Gasteiger partial charge in [-0.1, -0.05) is 12.1 Å². The zero-order valence-corrected chi connectivity index (χ0v) is 12.4. The van der Waals surface area contributed by atoms with E-state index < -0.39 is 0 Å². The molecule has 1 N–H and O–H groups in total. The Balaban J connectivity index is 1.75. The Kier molecular flexibility index (Phi) is 3.83. The second-order valence-electron chi connectivity index (χ2n) is 4.97. The molecule has 2 nitrogen and oxygen atoms in total. The van der Waals surface area contributed by atoms with E-state index >= 15 is 0 Å². The summed E-state index contributed by atoms with van der Waals surface area (Å²) < 4.78 is 1.02. The van der Waals surface area contributed by atoms with Crippen LogP contribution in [0.2, 0.25) is 0 Å². The smallest absolute Gasteiger partial charge is 0.0595 e. The van der Waals surface area contributed by atoms with E-state index in [1.54, 1.807) is 0 Å². The average molecular weight is 317 g/mol. The second-order valence-corrected chi connectivity index (χ2v) is 5.89. The summed E-state index contributed by atoms with van der Waals surface area (Å²) in [5.74, 6) is 0. The van der Waals surface area contributed by atoms with Crippen LogP contribution in [-0.4, -0.2) is 4.98 Å². The van der Waals surface area contributed by atoms with Crippen LogP contribution in [0.1, 0.15) is 29.7 Å². The van der Waals surface area contributed by atoms with E-state index in [1.807, 2.05) is 18.3 Å². The lowest BCUT2D eigenvalue weighted by Gasteiger charge is -2.20. The van der Waals surface area contributed by atoms with E-state index in [2.05, 4.69) is 44.4 Å². The fourth-order valence-electron chi connectivity index (χ4n) is 2.64. The summed E-state index contributed by atoms with van der Waals surface area (Å²) >= 11 is 3.41. The molecule has 1 aromatic heterocycles. The maximum atomic E-state index is 4.40. The number of hydrogen-bond donors (Lipinski definition) is 1. The van der Waals surface area contributed by atoms with E-state index in [1.165, 1.54) is 42.5 Å². The van der Waals surface area contributed by atoms with Crippen molar-refractivity contribution in [2.45, 2.75) is 32.2 Å². The van der Waals surface area contributed by atoms with Crippen LogP contribution in [0, 0.1) is 0 Å². The first-order valence-corrected chi connectivity index (χ1v) is 7.57. The first-order chi connectivity index (χ1) is 9.33. The highest BCUT2D eigenvalue weighted by Crippen LogP contribution is 2.28. The van der Waals surface area contributed by atoms with Crippen molar-refractivity contribution in [2.24, 2.45) is 0 Å². The molecule has 3 rings (SSSR count). The van der Waals surface area contributed by atoms with E-state index in [4.69, 9.17) is 0 Å². The molecular formula is C16H17BrN2. The first-order valence-electron chi connectivity index (χ1n) is 6.78. The van der Waals surface area contributed by atoms with Crippen molar-refractivity contribution in [3.8, 4) is 0 Å². The van der Waals surface area contributed by atoms with Gasteiger partial charge >= 0.3 is 0 Å². The Morgan fingerprint density at radius 3 is 2.84 bits per heavy atom. The normalized spacial score (nSPS) is 13.9. The van der Waals surface area contributed by atoms with Gasteiger partial charge in [-0.15, -0.1) is 0 Å². The summed E-state index contributed by atoms with van der Waals surface area (Å²) in [6.45, 7) is 0.781. The van der Waals surface area contributed by atoms with Crippen LogP contribution < -0.4 is 5.32 Å². The van der Waals surface area contributed by atoms with Crippen molar-refractivity contribution < 1.29 is 0 Å². The Morgan fingerprint density at radius 1 is 1.11 bits per heavy atom. The fourth-order valence-corrected chi connectivity index (χ4v) is 2.88. The largest absolute Gasteiger partial charge is 0.379 e. The number of benzene rings is 1. The van der Waals surface area contributed by atoms with Gasteiger partial charge in [-0.2, -0.15) is 0 Å². The number of aryl methyl sites for hydroxylation is 1. The van der Waals surface area contributed by atoms with Crippen LogP contribution in [-0.2, 0) is 19.4 Å². The molecular weight excluding hydrogens is 300 g/mol. The number of pyridine rings is 1. The van der Waals surface area contributed by atoms with Gasteiger partial charge in [0.2, 0.25) is 0 Å². The van der Waals surface area contributed by atoms with E-state index in [-0.39, 0.29) is 0 Å². The molecule has 1 heterocycles. The van der Waals surface area contributed by atoms with Gasteiger partial charge in [-0.25, -0.2) is 0 Å². The minimum atomic E-state index is 0.781.